The lowest BCUT2D eigenvalue weighted by atomic mass is 10.1. The molecule has 0 saturated carbocycles. The van der Waals surface area contributed by atoms with Crippen molar-refractivity contribution in [2.75, 3.05) is 13.1 Å². The fourth-order valence-electron chi connectivity index (χ4n) is 1.68. The first-order valence-corrected chi connectivity index (χ1v) is 5.09. The van der Waals surface area contributed by atoms with E-state index in [9.17, 15) is 18.0 Å². The number of rotatable bonds is 2. The molecule has 0 bridgehead atoms. The minimum absolute atomic E-state index is 0. The van der Waals surface area contributed by atoms with E-state index in [0.717, 1.165) is 12.2 Å². The van der Waals surface area contributed by atoms with Gasteiger partial charge in [0.2, 0.25) is 0 Å². The van der Waals surface area contributed by atoms with Gasteiger partial charge in [0.05, 0.1) is 0 Å². The molecule has 9 heteroatoms. The Morgan fingerprint density at radius 1 is 1.44 bits per heavy atom. The maximum absolute atomic E-state index is 11.9. The van der Waals surface area contributed by atoms with Crippen LogP contribution in [-0.4, -0.2) is 35.4 Å². The summed E-state index contributed by atoms with van der Waals surface area (Å²) < 4.78 is 35.8. The number of H-pyrrole nitrogens is 1. The van der Waals surface area contributed by atoms with Gasteiger partial charge in [-0.2, -0.15) is 18.3 Å². The molecule has 0 aromatic carbocycles. The van der Waals surface area contributed by atoms with Gasteiger partial charge in [0, 0.05) is 30.8 Å². The van der Waals surface area contributed by atoms with Crippen molar-refractivity contribution in [3.8, 4) is 0 Å². The molecule has 2 heterocycles. The smallest absolute Gasteiger partial charge is 0.342 e. The number of aromatic nitrogens is 2. The van der Waals surface area contributed by atoms with Gasteiger partial charge < -0.3 is 10.6 Å². The first-order chi connectivity index (χ1) is 7.97. The van der Waals surface area contributed by atoms with Gasteiger partial charge in [-0.3, -0.25) is 9.89 Å². The predicted molar refractivity (Wildman–Crippen MR) is 59.6 cm³/mol. The highest BCUT2D eigenvalue weighted by atomic mass is 35.5. The Bertz CT molecular complexity index is 432. The molecule has 0 unspecified atom stereocenters. The molecule has 0 atom stereocenters. The van der Waals surface area contributed by atoms with Crippen LogP contribution in [0.3, 0.4) is 0 Å². The lowest BCUT2D eigenvalue weighted by Crippen LogP contribution is -2.35. The van der Waals surface area contributed by atoms with E-state index in [1.807, 2.05) is 0 Å². The zero-order chi connectivity index (χ0) is 12.5. The topological polar surface area (TPSA) is 69.8 Å². The van der Waals surface area contributed by atoms with Crippen molar-refractivity contribution in [3.63, 3.8) is 0 Å². The zero-order valence-corrected chi connectivity index (χ0v) is 10.0. The molecule has 0 radical (unpaired) electrons. The highest BCUT2D eigenvalue weighted by Crippen LogP contribution is 2.16. The molecule has 18 heavy (non-hydrogen) atoms. The number of fused-ring (bicyclic) bond motifs is 1. The van der Waals surface area contributed by atoms with Crippen molar-refractivity contribution < 1.29 is 18.0 Å². The second kappa shape index (κ2) is 5.57. The molecule has 102 valence electrons. The average molecular weight is 285 g/mol. The number of nitrogens with one attached hydrogen (secondary N) is 3. The third kappa shape index (κ3) is 3.36. The van der Waals surface area contributed by atoms with Crippen LogP contribution < -0.4 is 10.6 Å². The van der Waals surface area contributed by atoms with E-state index in [1.165, 1.54) is 0 Å². The summed E-state index contributed by atoms with van der Waals surface area (Å²) in [5, 5.41) is 11.3. The monoisotopic (exact) mass is 284 g/mol. The molecule has 1 aliphatic heterocycles. The summed E-state index contributed by atoms with van der Waals surface area (Å²) >= 11 is 0. The van der Waals surface area contributed by atoms with E-state index in [0.29, 0.717) is 18.5 Å². The van der Waals surface area contributed by atoms with E-state index >= 15 is 0 Å². The van der Waals surface area contributed by atoms with Crippen molar-refractivity contribution in [1.29, 1.82) is 0 Å². The van der Waals surface area contributed by atoms with Crippen molar-refractivity contribution in [1.82, 2.24) is 20.8 Å². The van der Waals surface area contributed by atoms with Gasteiger partial charge in [0.25, 0.3) is 5.91 Å². The maximum Gasteiger partial charge on any atom is 0.405 e. The molecule has 0 fully saturated rings. The van der Waals surface area contributed by atoms with Crippen molar-refractivity contribution in [2.24, 2.45) is 0 Å². The summed E-state index contributed by atoms with van der Waals surface area (Å²) in [5.41, 5.74) is 1.49. The Morgan fingerprint density at radius 2 is 2.17 bits per heavy atom. The Morgan fingerprint density at radius 3 is 2.83 bits per heavy atom. The Kier molecular flexibility index (Phi) is 4.58. The Hall–Kier alpha value is -1.28. The molecule has 2 rings (SSSR count). The van der Waals surface area contributed by atoms with E-state index in [2.05, 4.69) is 15.5 Å². The minimum atomic E-state index is -4.41. The van der Waals surface area contributed by atoms with Crippen LogP contribution in [0, 0.1) is 0 Å². The lowest BCUT2D eigenvalue weighted by Gasteiger charge is -2.13. The predicted octanol–water partition coefficient (Wildman–Crippen LogP) is 0.769. The highest BCUT2D eigenvalue weighted by Gasteiger charge is 2.29. The molecule has 1 aromatic heterocycles. The van der Waals surface area contributed by atoms with Crippen molar-refractivity contribution in [2.45, 2.75) is 19.1 Å². The number of alkyl halides is 3. The van der Waals surface area contributed by atoms with E-state index < -0.39 is 18.6 Å². The van der Waals surface area contributed by atoms with Crippen LogP contribution in [0.4, 0.5) is 13.2 Å². The number of hydrogen-bond donors (Lipinski definition) is 3. The van der Waals surface area contributed by atoms with Crippen LogP contribution in [0.15, 0.2) is 0 Å². The summed E-state index contributed by atoms with van der Waals surface area (Å²) in [6.07, 6.45) is -3.72. The van der Waals surface area contributed by atoms with Gasteiger partial charge >= 0.3 is 6.18 Å². The van der Waals surface area contributed by atoms with Crippen LogP contribution in [0.1, 0.15) is 21.7 Å². The number of nitrogens with zero attached hydrogens (tertiary/aromatic N) is 1. The fourth-order valence-corrected chi connectivity index (χ4v) is 1.68. The number of hydrogen-bond acceptors (Lipinski definition) is 3. The molecule has 5 nitrogen and oxygen atoms in total. The Balaban J connectivity index is 0.00000162. The fraction of sp³-hybridized carbons (Fsp3) is 0.556. The second-order valence-corrected chi connectivity index (χ2v) is 3.75. The quantitative estimate of drug-likeness (QED) is 0.751. The molecule has 0 aliphatic carbocycles. The van der Waals surface area contributed by atoms with Crippen LogP contribution in [0.25, 0.3) is 0 Å². The number of aromatic amines is 1. The van der Waals surface area contributed by atoms with E-state index in [1.54, 1.807) is 5.32 Å². The van der Waals surface area contributed by atoms with Crippen LogP contribution in [-0.2, 0) is 13.0 Å². The summed E-state index contributed by atoms with van der Waals surface area (Å²) in [4.78, 5) is 11.5. The van der Waals surface area contributed by atoms with E-state index in [-0.39, 0.29) is 18.1 Å². The molecule has 1 amide bonds. The largest absolute Gasteiger partial charge is 0.405 e. The third-order valence-electron chi connectivity index (χ3n) is 2.47. The average Bonchev–Trinajstić information content (AvgIpc) is 2.68. The van der Waals surface area contributed by atoms with Gasteiger partial charge in [-0.1, -0.05) is 0 Å². The molecule has 1 aromatic rings. The first-order valence-electron chi connectivity index (χ1n) is 5.09. The standard InChI is InChI=1S/C9H11F3N4O.ClH/c10-9(11,12)4-14-8(17)7-5-3-13-2-1-6(5)15-16-7;/h13H,1-4H2,(H,14,17)(H,15,16);1H. The normalized spacial score (nSPS) is 14.6. The Labute approximate surface area is 107 Å². The summed E-state index contributed by atoms with van der Waals surface area (Å²) in [6.45, 7) is -0.139. The van der Waals surface area contributed by atoms with Crippen LogP contribution in [0.5, 0.6) is 0 Å². The lowest BCUT2D eigenvalue weighted by molar-refractivity contribution is -0.123. The number of carbonyl (C=O) groups excluding carboxylic acids is 1. The second-order valence-electron chi connectivity index (χ2n) is 3.75. The number of carbonyl (C=O) groups is 1. The van der Waals surface area contributed by atoms with Crippen LogP contribution >= 0.6 is 12.4 Å². The molecular formula is C9H12ClF3N4O. The third-order valence-corrected chi connectivity index (χ3v) is 2.47. The zero-order valence-electron chi connectivity index (χ0n) is 9.23. The van der Waals surface area contributed by atoms with Crippen LogP contribution in [0.2, 0.25) is 0 Å². The maximum atomic E-state index is 11.9. The SMILES string of the molecule is Cl.O=C(NCC(F)(F)F)c1n[nH]c2c1CNCC2. The van der Waals surface area contributed by atoms with Crippen molar-refractivity contribution >= 4 is 18.3 Å². The summed E-state index contributed by atoms with van der Waals surface area (Å²) in [7, 11) is 0. The summed E-state index contributed by atoms with van der Waals surface area (Å²) in [6, 6.07) is 0. The summed E-state index contributed by atoms with van der Waals surface area (Å²) in [5.74, 6) is -0.802. The van der Waals surface area contributed by atoms with E-state index in [4.69, 9.17) is 0 Å². The molecule has 1 aliphatic rings. The van der Waals surface area contributed by atoms with Gasteiger partial charge in [0.15, 0.2) is 5.69 Å². The number of amides is 1. The molecule has 0 saturated heterocycles. The van der Waals surface area contributed by atoms with Gasteiger partial charge in [-0.05, 0) is 0 Å². The number of halogens is 4. The van der Waals surface area contributed by atoms with Gasteiger partial charge in [-0.25, -0.2) is 0 Å². The van der Waals surface area contributed by atoms with Gasteiger partial charge in [0.1, 0.15) is 6.54 Å². The molecule has 3 N–H and O–H groups in total. The first kappa shape index (κ1) is 14.8. The molecular weight excluding hydrogens is 273 g/mol. The molecule has 0 spiro atoms. The van der Waals surface area contributed by atoms with Crippen molar-refractivity contribution in [3.05, 3.63) is 17.0 Å². The highest BCUT2D eigenvalue weighted by molar-refractivity contribution is 5.94. The van der Waals surface area contributed by atoms with Gasteiger partial charge in [-0.15, -0.1) is 12.4 Å². The minimum Gasteiger partial charge on any atom is -0.342 e.